The van der Waals surface area contributed by atoms with E-state index in [9.17, 15) is 9.59 Å². The number of methoxy groups -OCH3 is 1. The van der Waals surface area contributed by atoms with Crippen LogP contribution in [0.1, 0.15) is 54.7 Å². The van der Waals surface area contributed by atoms with Crippen molar-refractivity contribution in [2.24, 2.45) is 0 Å². The molecule has 1 aliphatic rings. The average molecular weight is 448 g/mol. The van der Waals surface area contributed by atoms with Gasteiger partial charge in [0.25, 0.3) is 0 Å². The summed E-state index contributed by atoms with van der Waals surface area (Å²) in [5.74, 6) is 0.367. The van der Waals surface area contributed by atoms with Crippen molar-refractivity contribution in [3.63, 3.8) is 0 Å². The lowest BCUT2D eigenvalue weighted by Crippen LogP contribution is -2.46. The first-order valence-electron chi connectivity index (χ1n) is 11.3. The number of fused-ring (bicyclic) bond motifs is 1. The molecule has 0 aliphatic carbocycles. The second-order valence-corrected chi connectivity index (χ2v) is 7.06. The molecule has 4 rings (SSSR count). The molecule has 0 saturated heterocycles. The molecule has 0 bridgehead atoms. The predicted octanol–water partition coefficient (Wildman–Crippen LogP) is 6.77. The molecule has 0 radical (unpaired) electrons. The summed E-state index contributed by atoms with van der Waals surface area (Å²) in [7, 11) is 3.19. The molecule has 33 heavy (non-hydrogen) atoms. The Morgan fingerprint density at radius 1 is 0.818 bits per heavy atom. The number of ketones is 1. The minimum absolute atomic E-state index is 0.0149. The van der Waals surface area contributed by atoms with Gasteiger partial charge in [0, 0.05) is 18.3 Å². The van der Waals surface area contributed by atoms with Gasteiger partial charge in [-0.25, -0.2) is 4.79 Å². The summed E-state index contributed by atoms with van der Waals surface area (Å²) >= 11 is 0. The van der Waals surface area contributed by atoms with Crippen molar-refractivity contribution in [2.75, 3.05) is 19.1 Å². The van der Waals surface area contributed by atoms with E-state index in [1.165, 1.54) is 7.11 Å². The summed E-state index contributed by atoms with van der Waals surface area (Å²) in [5.41, 5.74) is 3.37. The highest BCUT2D eigenvalue weighted by Crippen LogP contribution is 2.48. The maximum absolute atomic E-state index is 13.8. The molecule has 174 valence electrons. The summed E-state index contributed by atoms with van der Waals surface area (Å²) in [6, 6.07) is 22.6. The van der Waals surface area contributed by atoms with E-state index in [0.717, 1.165) is 22.4 Å². The maximum atomic E-state index is 13.8. The number of rotatable bonds is 3. The zero-order chi connectivity index (χ0) is 24.6. The summed E-state index contributed by atoms with van der Waals surface area (Å²) in [6.07, 6.45) is -0.785. The van der Waals surface area contributed by atoms with E-state index in [4.69, 9.17) is 4.74 Å². The number of ether oxygens (including phenoxy) is 2. The molecule has 1 heterocycles. The molecule has 0 amide bonds. The van der Waals surface area contributed by atoms with E-state index in [1.54, 1.807) is 12.1 Å². The smallest absolute Gasteiger partial charge is 0.437 e. The monoisotopic (exact) mass is 447 g/mol. The third-order valence-corrected chi connectivity index (χ3v) is 5.45. The van der Waals surface area contributed by atoms with Gasteiger partial charge in [-0.15, -0.1) is 0 Å². The lowest BCUT2D eigenvalue weighted by molar-refractivity contribution is 0.0928. The Labute approximate surface area is 197 Å². The minimum atomic E-state index is -0.999. The number of benzene rings is 3. The fraction of sp³-hybridized carbons (Fsp3) is 0.286. The van der Waals surface area contributed by atoms with Crippen LogP contribution in [-0.2, 0) is 10.3 Å². The minimum Gasteiger partial charge on any atom is -0.437 e. The van der Waals surface area contributed by atoms with E-state index < -0.39 is 11.7 Å². The topological polar surface area (TPSA) is 55.8 Å². The third kappa shape index (κ3) is 4.63. The zero-order valence-corrected chi connectivity index (χ0v) is 20.5. The lowest BCUT2D eigenvalue weighted by Gasteiger charge is -2.37. The predicted molar refractivity (Wildman–Crippen MR) is 133 cm³/mol. The zero-order valence-electron chi connectivity index (χ0n) is 20.5. The Balaban J connectivity index is 0.000000914. The average Bonchev–Trinajstić information content (AvgIpc) is 3.10. The Hall–Kier alpha value is -3.60. The van der Waals surface area contributed by atoms with Crippen LogP contribution in [0.3, 0.4) is 0 Å². The first-order valence-corrected chi connectivity index (χ1v) is 11.3. The number of hydrogen-bond acceptors (Lipinski definition) is 5. The number of carbonyl (C=O) groups excluding carboxylic acids is 2. The van der Waals surface area contributed by atoms with Gasteiger partial charge >= 0.3 is 6.16 Å². The van der Waals surface area contributed by atoms with Gasteiger partial charge in [-0.1, -0.05) is 81.8 Å². The largest absolute Gasteiger partial charge is 0.513 e. The standard InChI is InChI=1S/C24H21NO4.2C2H6/c1-16-8-10-17(11-9-16)24(18-12-14-19(15-13-18)29-23(27)28-3)22(26)20-6-4-5-7-21(20)25(24)2;2*1-2/h4-15H,1-3H3;2*1-2H3. The molecule has 1 atom stereocenters. The molecule has 0 spiro atoms. The van der Waals surface area contributed by atoms with Crippen LogP contribution in [0.15, 0.2) is 72.8 Å². The Morgan fingerprint density at radius 3 is 1.85 bits per heavy atom. The molecule has 0 N–H and O–H groups in total. The van der Waals surface area contributed by atoms with Crippen molar-refractivity contribution in [1.82, 2.24) is 0 Å². The van der Waals surface area contributed by atoms with Gasteiger partial charge in [0.15, 0.2) is 11.3 Å². The van der Waals surface area contributed by atoms with E-state index >= 15 is 0 Å². The molecule has 5 nitrogen and oxygen atoms in total. The highest BCUT2D eigenvalue weighted by atomic mass is 16.7. The van der Waals surface area contributed by atoms with E-state index in [1.807, 2.05) is 107 Å². The Kier molecular flexibility index (Phi) is 8.80. The van der Waals surface area contributed by atoms with E-state index in [0.29, 0.717) is 11.3 Å². The first kappa shape index (κ1) is 25.7. The maximum Gasteiger partial charge on any atom is 0.513 e. The van der Waals surface area contributed by atoms with Gasteiger partial charge < -0.3 is 14.4 Å². The van der Waals surface area contributed by atoms with Crippen LogP contribution in [0.25, 0.3) is 0 Å². The normalized spacial score (nSPS) is 16.0. The molecule has 5 heteroatoms. The Morgan fingerprint density at radius 2 is 1.33 bits per heavy atom. The number of hydrogen-bond donors (Lipinski definition) is 0. The van der Waals surface area contributed by atoms with Gasteiger partial charge in [-0.05, 0) is 42.3 Å². The van der Waals surface area contributed by atoms with Crippen molar-refractivity contribution in [1.29, 1.82) is 0 Å². The second kappa shape index (κ2) is 11.3. The van der Waals surface area contributed by atoms with E-state index in [2.05, 4.69) is 4.74 Å². The number of nitrogens with zero attached hydrogens (tertiary/aromatic N) is 1. The second-order valence-electron chi connectivity index (χ2n) is 7.06. The van der Waals surface area contributed by atoms with Crippen molar-refractivity contribution in [3.05, 3.63) is 95.1 Å². The number of likely N-dealkylation sites (N-methyl/N-ethyl adjacent to an activating group) is 1. The van der Waals surface area contributed by atoms with Gasteiger partial charge in [0.1, 0.15) is 5.75 Å². The fourth-order valence-electron chi connectivity index (χ4n) is 4.00. The van der Waals surface area contributed by atoms with E-state index in [-0.39, 0.29) is 5.78 Å². The molecular weight excluding hydrogens is 414 g/mol. The number of para-hydroxylation sites is 1. The molecule has 0 aromatic heterocycles. The molecule has 1 unspecified atom stereocenters. The van der Waals surface area contributed by atoms with Crippen LogP contribution in [0.4, 0.5) is 10.5 Å². The van der Waals surface area contributed by atoms with Crippen LogP contribution < -0.4 is 9.64 Å². The van der Waals surface area contributed by atoms with Gasteiger partial charge in [-0.2, -0.15) is 0 Å². The highest BCUT2D eigenvalue weighted by molar-refractivity contribution is 6.16. The highest BCUT2D eigenvalue weighted by Gasteiger charge is 2.52. The molecule has 0 saturated carbocycles. The van der Waals surface area contributed by atoms with Crippen LogP contribution in [0, 0.1) is 6.92 Å². The molecule has 1 aliphatic heterocycles. The molecule has 0 fully saturated rings. The summed E-state index contributed by atoms with van der Waals surface area (Å²) in [5, 5.41) is 0. The Bertz CT molecular complexity index is 1070. The first-order chi connectivity index (χ1) is 16.0. The van der Waals surface area contributed by atoms with Crippen molar-refractivity contribution in [2.45, 2.75) is 40.2 Å². The van der Waals surface area contributed by atoms with Crippen molar-refractivity contribution < 1.29 is 19.1 Å². The number of anilines is 1. The van der Waals surface area contributed by atoms with Crippen LogP contribution in [0.5, 0.6) is 5.75 Å². The molecule has 3 aromatic rings. The summed E-state index contributed by atoms with van der Waals surface area (Å²) in [6.45, 7) is 10.0. The number of Topliss-reactive ketones (excluding diaryl/α,β-unsaturated/α-hetero) is 1. The van der Waals surface area contributed by atoms with Crippen LogP contribution >= 0.6 is 0 Å². The van der Waals surface area contributed by atoms with Gasteiger partial charge in [0.2, 0.25) is 0 Å². The number of aryl methyl sites for hydroxylation is 1. The SMILES string of the molecule is CC.CC.COC(=O)Oc1ccc(C2(c3ccc(C)cc3)C(=O)c3ccccc3N2C)cc1. The summed E-state index contributed by atoms with van der Waals surface area (Å²) < 4.78 is 9.63. The van der Waals surface area contributed by atoms with Crippen LogP contribution in [0.2, 0.25) is 0 Å². The summed E-state index contributed by atoms with van der Waals surface area (Å²) in [4.78, 5) is 27.2. The lowest BCUT2D eigenvalue weighted by atomic mass is 9.78. The van der Waals surface area contributed by atoms with Gasteiger partial charge in [0.05, 0.1) is 7.11 Å². The van der Waals surface area contributed by atoms with Crippen molar-refractivity contribution in [3.8, 4) is 5.75 Å². The number of carbonyl (C=O) groups is 2. The van der Waals surface area contributed by atoms with Crippen molar-refractivity contribution >= 4 is 17.6 Å². The molecule has 3 aromatic carbocycles. The van der Waals surface area contributed by atoms with Crippen LogP contribution in [-0.4, -0.2) is 26.1 Å². The molecular formula is C28H33NO4. The van der Waals surface area contributed by atoms with Gasteiger partial charge in [-0.3, -0.25) is 4.79 Å². The fourth-order valence-corrected chi connectivity index (χ4v) is 4.00. The quantitative estimate of drug-likeness (QED) is 0.328. The third-order valence-electron chi connectivity index (χ3n) is 5.45.